The fourth-order valence-corrected chi connectivity index (χ4v) is 13.4. The Morgan fingerprint density at radius 1 is 0.561 bits per heavy atom. The lowest BCUT2D eigenvalue weighted by Gasteiger charge is -2.41. The zero-order valence-corrected chi connectivity index (χ0v) is 33.3. The number of hydrogen-bond donors (Lipinski definition) is 0. The number of carbonyl (C=O) groups excluding carboxylic acids is 4. The number of hydrogen-bond acceptors (Lipinski definition) is 10. The van der Waals surface area contributed by atoms with Crippen molar-refractivity contribution in [3.8, 4) is 0 Å². The van der Waals surface area contributed by atoms with Gasteiger partial charge in [0.2, 0.25) is 0 Å². The maximum absolute atomic E-state index is 12.6. The maximum atomic E-state index is 12.6. The zero-order chi connectivity index (χ0) is 37.8. The first-order valence-electron chi connectivity index (χ1n) is 21.3. The minimum Gasteiger partial charge on any atom is -0.462 e. The molecule has 10 nitrogen and oxygen atoms in total. The van der Waals surface area contributed by atoms with Crippen LogP contribution in [0.5, 0.6) is 0 Å². The molecule has 17 unspecified atom stereocenters. The third-order valence-corrected chi connectivity index (χ3v) is 16.1. The van der Waals surface area contributed by atoms with Crippen molar-refractivity contribution in [1.82, 2.24) is 0 Å². The van der Waals surface area contributed by atoms with Crippen LogP contribution in [0.2, 0.25) is 0 Å². The Kier molecular flexibility index (Phi) is 17.2. The molecule has 0 aliphatic heterocycles. The molecule has 0 radical (unpaired) electrons. The fourth-order valence-electron chi connectivity index (χ4n) is 13.4. The van der Waals surface area contributed by atoms with Crippen LogP contribution in [0.1, 0.15) is 142 Å². The van der Waals surface area contributed by atoms with Gasteiger partial charge in [-0.05, 0) is 163 Å². The van der Waals surface area contributed by atoms with Crippen molar-refractivity contribution < 1.29 is 47.6 Å². The summed E-state index contributed by atoms with van der Waals surface area (Å²) in [5, 5.41) is 0. The van der Waals surface area contributed by atoms with Gasteiger partial charge in [0.1, 0.15) is 12.2 Å². The van der Waals surface area contributed by atoms with E-state index >= 15 is 0 Å². The molecule has 8 aliphatic carbocycles. The molecule has 0 heterocycles. The highest BCUT2D eigenvalue weighted by Gasteiger charge is 2.68. The fraction of sp³-hybridized carbons (Fsp3) is 0.915. The molecule has 0 aromatic heterocycles. The van der Waals surface area contributed by atoms with Gasteiger partial charge in [-0.1, -0.05) is 50.5 Å². The van der Waals surface area contributed by atoms with Crippen molar-refractivity contribution in [3.05, 3.63) is 0 Å². The minimum absolute atomic E-state index is 0. The Hall–Kier alpha value is -2.20. The summed E-state index contributed by atoms with van der Waals surface area (Å²) < 4.78 is 33.0. The first kappa shape index (κ1) is 49.2. The zero-order valence-electron chi connectivity index (χ0n) is 33.3. The molecule has 57 heavy (non-hydrogen) atoms. The summed E-state index contributed by atoms with van der Waals surface area (Å²) >= 11 is 0. The van der Waals surface area contributed by atoms with Crippen LogP contribution in [0.4, 0.5) is 0 Å². The van der Waals surface area contributed by atoms with E-state index in [2.05, 4.69) is 0 Å². The quantitative estimate of drug-likeness (QED) is 0.0551. The largest absolute Gasteiger partial charge is 0.462 e. The molecular weight excluding hydrogens is 725 g/mol. The number of ether oxygens (including phenoxy) is 6. The third kappa shape index (κ3) is 8.98. The van der Waals surface area contributed by atoms with E-state index < -0.39 is 5.41 Å². The van der Waals surface area contributed by atoms with Crippen molar-refractivity contribution in [2.45, 2.75) is 155 Å². The van der Waals surface area contributed by atoms with Crippen LogP contribution in [0.25, 0.3) is 0 Å². The average Bonchev–Trinajstić information content (AvgIpc) is 4.01. The Morgan fingerprint density at radius 2 is 0.965 bits per heavy atom. The van der Waals surface area contributed by atoms with Crippen LogP contribution in [0.3, 0.4) is 0 Å². The second-order valence-electron chi connectivity index (χ2n) is 18.7. The van der Waals surface area contributed by atoms with Crippen LogP contribution >= 0.6 is 0 Å². The summed E-state index contributed by atoms with van der Waals surface area (Å²) in [6, 6.07) is 0. The smallest absolute Gasteiger partial charge is 0.311 e. The minimum atomic E-state index is -0.415. The SMILES string of the molecule is C.C.C.C.CCOCOC(=O)C1CC2CC1C1C3CC(CC3OC(=O)C(C)(C)CC)C21.CCOCOC(=O)C1CC2CC1C1C3CC(CC3OC(=O)C(C)CC)C21. The van der Waals surface area contributed by atoms with Crippen LogP contribution in [0.15, 0.2) is 0 Å². The molecule has 330 valence electrons. The number of rotatable bonds is 14. The van der Waals surface area contributed by atoms with Gasteiger partial charge in [0.15, 0.2) is 13.6 Å². The lowest BCUT2D eigenvalue weighted by molar-refractivity contribution is -0.170. The van der Waals surface area contributed by atoms with Gasteiger partial charge in [0.05, 0.1) is 23.2 Å². The van der Waals surface area contributed by atoms with E-state index in [4.69, 9.17) is 28.4 Å². The summed E-state index contributed by atoms with van der Waals surface area (Å²) in [5.41, 5.74) is -0.415. The second kappa shape index (κ2) is 19.9. The summed E-state index contributed by atoms with van der Waals surface area (Å²) in [6.45, 7) is 15.0. The lowest BCUT2D eigenvalue weighted by atomic mass is 9.66. The van der Waals surface area contributed by atoms with Gasteiger partial charge in [-0.3, -0.25) is 19.2 Å². The predicted octanol–water partition coefficient (Wildman–Crippen LogP) is 9.75. The normalized spacial score (nSPS) is 39.5. The van der Waals surface area contributed by atoms with E-state index in [0.717, 1.165) is 63.2 Å². The van der Waals surface area contributed by atoms with Crippen molar-refractivity contribution >= 4 is 23.9 Å². The molecule has 0 aromatic rings. The van der Waals surface area contributed by atoms with Crippen LogP contribution < -0.4 is 0 Å². The summed E-state index contributed by atoms with van der Waals surface area (Å²) in [7, 11) is 0. The lowest BCUT2D eigenvalue weighted by Crippen LogP contribution is -2.43. The molecule has 8 rings (SSSR count). The maximum Gasteiger partial charge on any atom is 0.311 e. The van der Waals surface area contributed by atoms with Gasteiger partial charge >= 0.3 is 23.9 Å². The van der Waals surface area contributed by atoms with Crippen LogP contribution in [0, 0.1) is 94.2 Å². The van der Waals surface area contributed by atoms with Gasteiger partial charge in [-0.2, -0.15) is 0 Å². The number of esters is 4. The van der Waals surface area contributed by atoms with Gasteiger partial charge in [0, 0.05) is 13.2 Å². The Balaban J connectivity index is 0.000000285. The molecule has 8 bridgehead atoms. The highest BCUT2D eigenvalue weighted by Crippen LogP contribution is 2.70. The standard InChI is InChI=1S/C22H34O5.C21H32O5.4CH4/c1-5-22(3,4)21(24)27-17-10-13-9-16(17)19-14-7-12(18(13)19)8-15(14)20(23)26-11-25-6-2;1-4-11(3)20(22)26-17-9-13-8-16(17)19-14-6-12(18(13)19)7-15(14)21(23)25-10-24-5-2;;;;/h12-19H,5-11H2,1-4H3;11-19H,4-10H2,1-3H3;4*1H4. The van der Waals surface area contributed by atoms with Crippen LogP contribution in [-0.2, 0) is 47.6 Å². The Bertz CT molecular complexity index is 1360. The van der Waals surface area contributed by atoms with Crippen molar-refractivity contribution in [1.29, 1.82) is 0 Å². The number of fused-ring (bicyclic) bond motifs is 18. The van der Waals surface area contributed by atoms with Gasteiger partial charge in [-0.25, -0.2) is 0 Å². The molecule has 0 N–H and O–H groups in total. The Labute approximate surface area is 346 Å². The van der Waals surface area contributed by atoms with E-state index in [1.54, 1.807) is 0 Å². The van der Waals surface area contributed by atoms with E-state index in [1.807, 2.05) is 48.5 Å². The molecule has 0 amide bonds. The molecule has 8 saturated carbocycles. The summed E-state index contributed by atoms with van der Waals surface area (Å²) in [4.78, 5) is 49.9. The first-order chi connectivity index (χ1) is 25.4. The first-order valence-corrected chi connectivity index (χ1v) is 21.3. The molecule has 0 spiro atoms. The molecule has 17 atom stereocenters. The topological polar surface area (TPSA) is 124 Å². The molecule has 0 aromatic carbocycles. The van der Waals surface area contributed by atoms with E-state index in [0.29, 0.717) is 72.4 Å². The second-order valence-corrected chi connectivity index (χ2v) is 18.7. The van der Waals surface area contributed by atoms with Gasteiger partial charge in [-0.15, -0.1) is 0 Å². The molecule has 0 saturated heterocycles. The van der Waals surface area contributed by atoms with E-state index in [1.165, 1.54) is 12.8 Å². The van der Waals surface area contributed by atoms with E-state index in [-0.39, 0.29) is 97.1 Å². The summed E-state index contributed by atoms with van der Waals surface area (Å²) in [5.74, 6) is 6.72. The monoisotopic (exact) mass is 807 g/mol. The van der Waals surface area contributed by atoms with Crippen molar-refractivity contribution in [2.75, 3.05) is 26.8 Å². The van der Waals surface area contributed by atoms with E-state index in [9.17, 15) is 19.2 Å². The van der Waals surface area contributed by atoms with Gasteiger partial charge < -0.3 is 28.4 Å². The molecule has 8 fully saturated rings. The Morgan fingerprint density at radius 3 is 1.37 bits per heavy atom. The average molecular weight is 807 g/mol. The van der Waals surface area contributed by atoms with Crippen LogP contribution in [-0.4, -0.2) is 62.9 Å². The summed E-state index contributed by atoms with van der Waals surface area (Å²) in [6.07, 6.45) is 10.4. The highest BCUT2D eigenvalue weighted by atomic mass is 16.7. The molecule has 10 heteroatoms. The highest BCUT2D eigenvalue weighted by molar-refractivity contribution is 5.76. The van der Waals surface area contributed by atoms with Gasteiger partial charge in [0.25, 0.3) is 0 Å². The number of carbonyl (C=O) groups is 4. The van der Waals surface area contributed by atoms with Crippen molar-refractivity contribution in [3.63, 3.8) is 0 Å². The third-order valence-electron chi connectivity index (χ3n) is 16.1. The molecular formula is C47H82O10. The molecule has 8 aliphatic rings. The van der Waals surface area contributed by atoms with Crippen molar-refractivity contribution in [2.24, 2.45) is 94.2 Å². The predicted molar refractivity (Wildman–Crippen MR) is 221 cm³/mol.